The molecule has 1 saturated heterocycles. The number of imide groups is 1. The third-order valence-corrected chi connectivity index (χ3v) is 7.49. The van der Waals surface area contributed by atoms with Crippen LogP contribution in [-0.2, 0) is 16.0 Å². The number of hydrogen-bond acceptors (Lipinski definition) is 5. The molecule has 0 unspecified atom stereocenters. The van der Waals surface area contributed by atoms with Crippen LogP contribution in [0.15, 0.2) is 42.6 Å². The van der Waals surface area contributed by atoms with Crippen molar-refractivity contribution in [2.75, 3.05) is 17.7 Å². The smallest absolute Gasteiger partial charge is 0.325 e. The first kappa shape index (κ1) is 25.0. The van der Waals surface area contributed by atoms with E-state index in [2.05, 4.69) is 10.3 Å². The van der Waals surface area contributed by atoms with Gasteiger partial charge in [-0.3, -0.25) is 14.5 Å². The number of likely N-dealkylation sites (tertiary alicyclic amines) is 1. The number of nitrogens with two attached hydrogens (primary N) is 1. The van der Waals surface area contributed by atoms with Gasteiger partial charge in [-0.25, -0.2) is 9.78 Å². The molecule has 2 aromatic rings. The Kier molecular flexibility index (Phi) is 7.60. The molecule has 3 atom stereocenters. The Morgan fingerprint density at radius 1 is 1.20 bits per heavy atom. The molecule has 0 spiro atoms. The number of aromatic nitrogens is 1. The van der Waals surface area contributed by atoms with Gasteiger partial charge in [-0.05, 0) is 74.1 Å². The minimum Gasteiger partial charge on any atom is -0.384 e. The maximum absolute atomic E-state index is 13.6. The Balaban J connectivity index is 1.55. The average molecular weight is 498 g/mol. The number of urea groups is 1. The maximum Gasteiger partial charge on any atom is 0.325 e. The summed E-state index contributed by atoms with van der Waals surface area (Å²) in [6, 6.07) is 8.80. The van der Waals surface area contributed by atoms with Gasteiger partial charge in [0.2, 0.25) is 5.91 Å². The molecule has 1 saturated carbocycles. The van der Waals surface area contributed by atoms with Gasteiger partial charge in [-0.2, -0.15) is 0 Å². The third kappa shape index (κ3) is 5.42. The molecule has 35 heavy (non-hydrogen) atoms. The van der Waals surface area contributed by atoms with Crippen molar-refractivity contribution in [2.24, 2.45) is 11.8 Å². The largest absolute Gasteiger partial charge is 0.384 e. The first-order valence-corrected chi connectivity index (χ1v) is 12.5. The molecule has 186 valence electrons. The fraction of sp³-hybridized carbons (Fsp3) is 0.462. The average Bonchev–Trinajstić information content (AvgIpc) is 2.85. The van der Waals surface area contributed by atoms with Gasteiger partial charge in [0.1, 0.15) is 11.9 Å². The van der Waals surface area contributed by atoms with Crippen LogP contribution in [0.25, 0.3) is 0 Å². The van der Waals surface area contributed by atoms with Crippen molar-refractivity contribution in [1.29, 1.82) is 0 Å². The lowest BCUT2D eigenvalue weighted by molar-refractivity contribution is -0.156. The number of carbonyl (C=O) groups is 3. The van der Waals surface area contributed by atoms with Gasteiger partial charge in [-0.15, -0.1) is 0 Å². The molecule has 0 radical (unpaired) electrons. The summed E-state index contributed by atoms with van der Waals surface area (Å²) in [6.45, 7) is 1.98. The van der Waals surface area contributed by atoms with Crippen LogP contribution in [-0.4, -0.2) is 46.9 Å². The monoisotopic (exact) mass is 497 g/mol. The highest BCUT2D eigenvalue weighted by Gasteiger charge is 2.55. The van der Waals surface area contributed by atoms with E-state index in [1.165, 1.54) is 11.3 Å². The number of hydrogen-bond donors (Lipinski definition) is 2. The van der Waals surface area contributed by atoms with Crippen LogP contribution >= 0.6 is 11.6 Å². The first-order chi connectivity index (χ1) is 16.8. The molecule has 0 bridgehead atoms. The van der Waals surface area contributed by atoms with Crippen molar-refractivity contribution in [1.82, 2.24) is 15.2 Å². The SMILES string of the molecule is C[C@@H](NC(=O)N1C(=O)[C@@H](Cc2ccnc(N)c2)[C@H]1C(=O)N(C)c1ccc(Cl)cc1)C1CCCCC1. The Hall–Kier alpha value is -3.13. The molecule has 2 aliphatic rings. The summed E-state index contributed by atoms with van der Waals surface area (Å²) in [7, 11) is 1.64. The second-order valence-electron chi connectivity index (χ2n) is 9.56. The number of rotatable bonds is 6. The minimum atomic E-state index is -0.920. The van der Waals surface area contributed by atoms with E-state index in [0.29, 0.717) is 28.9 Å². The van der Waals surface area contributed by atoms with Gasteiger partial charge in [0, 0.05) is 30.0 Å². The van der Waals surface area contributed by atoms with Crippen LogP contribution in [0.3, 0.4) is 0 Å². The molecule has 1 aliphatic carbocycles. The zero-order chi connectivity index (χ0) is 25.1. The van der Waals surface area contributed by atoms with E-state index in [1.807, 2.05) is 6.92 Å². The summed E-state index contributed by atoms with van der Waals surface area (Å²) in [6.07, 6.45) is 7.50. The quantitative estimate of drug-likeness (QED) is 0.586. The molecule has 4 rings (SSSR count). The van der Waals surface area contributed by atoms with Crippen molar-refractivity contribution in [2.45, 2.75) is 57.5 Å². The first-order valence-electron chi connectivity index (χ1n) is 12.1. The number of halogens is 1. The van der Waals surface area contributed by atoms with E-state index in [1.54, 1.807) is 49.6 Å². The van der Waals surface area contributed by atoms with Crippen LogP contribution in [0.4, 0.5) is 16.3 Å². The fourth-order valence-electron chi connectivity index (χ4n) is 5.14. The molecule has 1 aliphatic heterocycles. The minimum absolute atomic E-state index is 0.0700. The zero-order valence-corrected chi connectivity index (χ0v) is 20.9. The number of amides is 4. The normalized spacial score (nSPS) is 21.2. The Bertz CT molecular complexity index is 1090. The van der Waals surface area contributed by atoms with E-state index in [0.717, 1.165) is 36.1 Å². The van der Waals surface area contributed by atoms with Crippen molar-refractivity contribution in [3.8, 4) is 0 Å². The fourth-order valence-corrected chi connectivity index (χ4v) is 5.26. The number of nitrogens with zero attached hydrogens (tertiary/aromatic N) is 3. The predicted molar refractivity (Wildman–Crippen MR) is 136 cm³/mol. The molecule has 3 N–H and O–H groups in total. The number of pyridine rings is 1. The summed E-state index contributed by atoms with van der Waals surface area (Å²) in [5.74, 6) is -0.650. The highest BCUT2D eigenvalue weighted by atomic mass is 35.5. The van der Waals surface area contributed by atoms with Crippen LogP contribution in [0, 0.1) is 11.8 Å². The molecule has 2 fully saturated rings. The van der Waals surface area contributed by atoms with Crippen molar-refractivity contribution in [3.63, 3.8) is 0 Å². The van der Waals surface area contributed by atoms with Crippen LogP contribution < -0.4 is 16.0 Å². The Morgan fingerprint density at radius 2 is 1.89 bits per heavy atom. The van der Waals surface area contributed by atoms with Gasteiger partial charge in [0.05, 0.1) is 5.92 Å². The highest BCUT2D eigenvalue weighted by Crippen LogP contribution is 2.34. The van der Waals surface area contributed by atoms with Crippen molar-refractivity contribution >= 4 is 41.0 Å². The lowest BCUT2D eigenvalue weighted by Crippen LogP contribution is -2.71. The second kappa shape index (κ2) is 10.6. The second-order valence-corrected chi connectivity index (χ2v) is 10.00. The summed E-state index contributed by atoms with van der Waals surface area (Å²) < 4.78 is 0. The number of carbonyl (C=O) groups excluding carboxylic acids is 3. The number of anilines is 2. The van der Waals surface area contributed by atoms with Gasteiger partial charge in [0.15, 0.2) is 0 Å². The standard InChI is InChI=1S/C26H32ClN5O3/c1-16(18-6-4-3-5-7-18)30-26(35)32-23(25(34)31(2)20-10-8-19(27)9-11-20)21(24(32)33)14-17-12-13-29-22(28)15-17/h8-13,15-16,18,21,23H,3-7,14H2,1-2H3,(H2,28,29)(H,30,35)/t16-,21+,23+/m1/s1. The number of nitrogens with one attached hydrogen (secondary N) is 1. The topological polar surface area (TPSA) is 109 Å². The van der Waals surface area contributed by atoms with Gasteiger partial charge in [0.25, 0.3) is 5.91 Å². The number of benzene rings is 1. The van der Waals surface area contributed by atoms with E-state index < -0.39 is 18.0 Å². The third-order valence-electron chi connectivity index (χ3n) is 7.24. The van der Waals surface area contributed by atoms with E-state index in [9.17, 15) is 14.4 Å². The van der Waals surface area contributed by atoms with Crippen LogP contribution in [0.2, 0.25) is 5.02 Å². The number of nitrogen functional groups attached to an aromatic ring is 1. The summed E-state index contributed by atoms with van der Waals surface area (Å²) in [5.41, 5.74) is 7.22. The van der Waals surface area contributed by atoms with E-state index in [-0.39, 0.29) is 17.9 Å². The molecule has 4 amide bonds. The summed E-state index contributed by atoms with van der Waals surface area (Å²) in [5, 5.41) is 3.55. The van der Waals surface area contributed by atoms with Crippen LogP contribution in [0.5, 0.6) is 0 Å². The van der Waals surface area contributed by atoms with Gasteiger partial charge < -0.3 is 16.0 Å². The summed E-state index contributed by atoms with van der Waals surface area (Å²) >= 11 is 5.99. The van der Waals surface area contributed by atoms with Crippen molar-refractivity contribution < 1.29 is 14.4 Å². The molecule has 1 aromatic heterocycles. The highest BCUT2D eigenvalue weighted by molar-refractivity contribution is 6.30. The number of β-lactam (4-membered cyclic amide) rings is 1. The zero-order valence-electron chi connectivity index (χ0n) is 20.1. The Morgan fingerprint density at radius 3 is 2.54 bits per heavy atom. The lowest BCUT2D eigenvalue weighted by Gasteiger charge is -2.46. The lowest BCUT2D eigenvalue weighted by atomic mass is 9.81. The number of likely N-dealkylation sites (N-methyl/N-ethyl adjacent to an activating group) is 1. The summed E-state index contributed by atoms with van der Waals surface area (Å²) in [4.78, 5) is 46.6. The molecular formula is C26H32ClN5O3. The van der Waals surface area contributed by atoms with E-state index in [4.69, 9.17) is 17.3 Å². The van der Waals surface area contributed by atoms with Crippen molar-refractivity contribution in [3.05, 3.63) is 53.2 Å². The van der Waals surface area contributed by atoms with Gasteiger partial charge >= 0.3 is 6.03 Å². The molecule has 2 heterocycles. The van der Waals surface area contributed by atoms with Crippen LogP contribution in [0.1, 0.15) is 44.6 Å². The molecule has 9 heteroatoms. The maximum atomic E-state index is 13.6. The van der Waals surface area contributed by atoms with E-state index >= 15 is 0 Å². The van der Waals surface area contributed by atoms with Gasteiger partial charge in [-0.1, -0.05) is 30.9 Å². The Labute approximate surface area is 210 Å². The predicted octanol–water partition coefficient (Wildman–Crippen LogP) is 4.03. The molecule has 1 aromatic carbocycles. The molecule has 8 nitrogen and oxygen atoms in total. The molecular weight excluding hydrogens is 466 g/mol.